The van der Waals surface area contributed by atoms with E-state index in [1.165, 1.54) is 6.54 Å². The van der Waals surface area contributed by atoms with Crippen molar-refractivity contribution in [3.05, 3.63) is 6.54 Å². The molecule has 0 radical (unpaired) electrons. The zero-order chi connectivity index (χ0) is 16.6. The number of rotatable bonds is 7. The maximum Gasteiger partial charge on any atom is 1.00 e. The maximum atomic E-state index is 9.64. The molecular weight excluding hydrogens is 368 g/mol. The van der Waals surface area contributed by atoms with Crippen LogP contribution in [0.25, 0.3) is 0 Å². The summed E-state index contributed by atoms with van der Waals surface area (Å²) < 4.78 is 0. The van der Waals surface area contributed by atoms with E-state index in [0.29, 0.717) is 6.54 Å². The van der Waals surface area contributed by atoms with Crippen molar-refractivity contribution >= 4 is 23.9 Å². The summed E-state index contributed by atoms with van der Waals surface area (Å²) in [6, 6.07) is 0. The second-order valence-corrected chi connectivity index (χ2v) is 3.05. The summed E-state index contributed by atoms with van der Waals surface area (Å²) in [4.78, 5) is 38.6. The van der Waals surface area contributed by atoms with E-state index < -0.39 is 23.9 Å². The Labute approximate surface area is 233 Å². The monoisotopic (exact) mass is 390 g/mol. The second kappa shape index (κ2) is 35.8. The summed E-state index contributed by atoms with van der Waals surface area (Å²) in [5, 5.41) is 31.6. The van der Waals surface area contributed by atoms with E-state index in [1.807, 2.05) is 0 Å². The molecule has 0 saturated carbocycles. The summed E-state index contributed by atoms with van der Waals surface area (Å²) in [5.41, 5.74) is 9.62. The van der Waals surface area contributed by atoms with Gasteiger partial charge in [0, 0.05) is 0 Å². The fraction of sp³-hybridized carbons (Fsp3) is 0.500. The van der Waals surface area contributed by atoms with Crippen LogP contribution in [0.4, 0.5) is 0 Å². The van der Waals surface area contributed by atoms with Crippen molar-refractivity contribution < 1.29 is 162 Å². The number of carboxylic acid groups (broad SMARTS) is 4. The Morgan fingerprint density at radius 1 is 0.667 bits per heavy atom. The number of carbonyl (C=O) groups is 4. The number of carboxylic acids is 4. The van der Waals surface area contributed by atoms with Gasteiger partial charge in [-0.3, -0.25) is 25.7 Å². The van der Waals surface area contributed by atoms with Crippen LogP contribution >= 0.6 is 0 Å². The predicted octanol–water partition coefficient (Wildman–Crippen LogP) is -12.7. The molecule has 124 valence electrons. The van der Waals surface area contributed by atoms with Crippen molar-refractivity contribution in [1.29, 1.82) is 0 Å². The quantitative estimate of drug-likeness (QED) is 0.179. The van der Waals surface area contributed by atoms with Crippen molar-refractivity contribution in [3.63, 3.8) is 0 Å². The molecular formula is C10H22N2Na4O8. The van der Waals surface area contributed by atoms with Crippen LogP contribution in [-0.4, -0.2) is 50.8 Å². The first-order valence-corrected chi connectivity index (χ1v) is 5.27. The Morgan fingerprint density at radius 3 is 0.833 bits per heavy atom. The van der Waals surface area contributed by atoms with E-state index in [-0.39, 0.29) is 148 Å². The van der Waals surface area contributed by atoms with Crippen LogP contribution in [-0.2, 0) is 19.2 Å². The molecule has 0 unspecified atom stereocenters. The summed E-state index contributed by atoms with van der Waals surface area (Å²) in [6.45, 7) is 1.88. The van der Waals surface area contributed by atoms with Gasteiger partial charge in [0.15, 0.2) is 0 Å². The third kappa shape index (κ3) is 75.5. The fourth-order valence-electron chi connectivity index (χ4n) is 0.428. The molecule has 24 heavy (non-hydrogen) atoms. The first-order chi connectivity index (χ1) is 9.17. The number of aliphatic carboxylic acids is 4. The Kier molecular flexibility index (Phi) is 67.0. The molecule has 0 aliphatic rings. The minimum absolute atomic E-state index is 0. The second-order valence-electron chi connectivity index (χ2n) is 3.05. The van der Waals surface area contributed by atoms with Crippen molar-refractivity contribution in [2.75, 3.05) is 6.54 Å². The van der Waals surface area contributed by atoms with Crippen molar-refractivity contribution in [2.45, 2.75) is 25.7 Å². The van der Waals surface area contributed by atoms with Crippen molar-refractivity contribution in [1.82, 2.24) is 0 Å². The van der Waals surface area contributed by atoms with Crippen LogP contribution < -0.4 is 130 Å². The standard InChI is InChI=1S/2C4H6O4.C2H7N2.4Na.3H/c2*5-3(6)1-2-4(7)8;3-1-2-4;;;;;;;/h2*1-2H2,(H,5,6)(H,7,8);1H,2-4H2;;;;;;;/q;;-1;4*+1;3*-1. The van der Waals surface area contributed by atoms with E-state index in [9.17, 15) is 19.2 Å². The zero-order valence-corrected chi connectivity index (χ0v) is 22.7. The minimum atomic E-state index is -1.08. The van der Waals surface area contributed by atoms with Gasteiger partial charge >= 0.3 is 142 Å². The molecule has 0 saturated heterocycles. The molecule has 0 heterocycles. The van der Waals surface area contributed by atoms with Crippen molar-refractivity contribution in [2.24, 2.45) is 11.5 Å². The van der Waals surface area contributed by atoms with Crippen LogP contribution in [0.5, 0.6) is 0 Å². The summed E-state index contributed by atoms with van der Waals surface area (Å²) in [7, 11) is 0. The molecule has 0 aromatic heterocycles. The Hall–Kier alpha value is 1.80. The van der Waals surface area contributed by atoms with E-state index in [4.69, 9.17) is 31.9 Å². The molecule has 0 rings (SSSR count). The summed E-state index contributed by atoms with van der Waals surface area (Å²) >= 11 is 0. The van der Waals surface area contributed by atoms with Gasteiger partial charge in [-0.2, -0.15) is 0 Å². The number of hydrogen-bond donors (Lipinski definition) is 6. The van der Waals surface area contributed by atoms with Crippen LogP contribution in [0.15, 0.2) is 0 Å². The third-order valence-electron chi connectivity index (χ3n) is 1.24. The van der Waals surface area contributed by atoms with Crippen LogP contribution in [0.3, 0.4) is 0 Å². The number of nitrogens with two attached hydrogens (primary N) is 2. The molecule has 0 aromatic rings. The van der Waals surface area contributed by atoms with Crippen LogP contribution in [0.2, 0.25) is 0 Å². The van der Waals surface area contributed by atoms with Gasteiger partial charge < -0.3 is 36.2 Å². The average Bonchev–Trinajstić information content (AvgIpc) is 2.35. The molecule has 0 aromatic carbocycles. The Bertz CT molecular complexity index is 277. The normalized spacial score (nSPS) is 6.92. The smallest absolute Gasteiger partial charge is 1.00 e. The molecule has 0 bridgehead atoms. The minimum Gasteiger partial charge on any atom is -1.00 e. The van der Waals surface area contributed by atoms with E-state index in [1.54, 1.807) is 0 Å². The first kappa shape index (κ1) is 44.9. The van der Waals surface area contributed by atoms with Crippen LogP contribution in [0, 0.1) is 6.54 Å². The molecule has 0 fully saturated rings. The topological polar surface area (TPSA) is 201 Å². The molecule has 10 nitrogen and oxygen atoms in total. The van der Waals surface area contributed by atoms with Gasteiger partial charge in [-0.05, 0) is 0 Å². The molecule has 14 heteroatoms. The van der Waals surface area contributed by atoms with Crippen molar-refractivity contribution in [3.8, 4) is 0 Å². The average molecular weight is 390 g/mol. The molecule has 0 aliphatic carbocycles. The molecule has 0 aliphatic heterocycles. The third-order valence-corrected chi connectivity index (χ3v) is 1.24. The van der Waals surface area contributed by atoms with Crippen LogP contribution in [0.1, 0.15) is 30.0 Å². The molecule has 0 amide bonds. The predicted molar refractivity (Wildman–Crippen MR) is 69.9 cm³/mol. The van der Waals surface area contributed by atoms with E-state index in [2.05, 4.69) is 0 Å². The largest absolute Gasteiger partial charge is 1.00 e. The number of hydrogen-bond acceptors (Lipinski definition) is 6. The molecule has 8 N–H and O–H groups in total. The van der Waals surface area contributed by atoms with Gasteiger partial charge in [-0.25, -0.2) is 0 Å². The van der Waals surface area contributed by atoms with Gasteiger partial charge in [0.1, 0.15) is 0 Å². The fourth-order valence-corrected chi connectivity index (χ4v) is 0.428. The Morgan fingerprint density at radius 2 is 0.792 bits per heavy atom. The van der Waals surface area contributed by atoms with Gasteiger partial charge in [0.2, 0.25) is 0 Å². The summed E-state index contributed by atoms with van der Waals surface area (Å²) in [6.07, 6.45) is -1.19. The molecule has 0 spiro atoms. The first-order valence-electron chi connectivity index (χ1n) is 5.27. The van der Waals surface area contributed by atoms with Gasteiger partial charge in [-0.15, -0.1) is 6.54 Å². The van der Waals surface area contributed by atoms with E-state index >= 15 is 0 Å². The van der Waals surface area contributed by atoms with E-state index in [0.717, 1.165) is 0 Å². The van der Waals surface area contributed by atoms with Gasteiger partial charge in [0.25, 0.3) is 0 Å². The van der Waals surface area contributed by atoms with Gasteiger partial charge in [0.05, 0.1) is 25.7 Å². The zero-order valence-electron chi connectivity index (χ0n) is 17.7. The maximum absolute atomic E-state index is 9.64. The SMILES string of the molecule is N[CH-]CN.O=C(O)CCC(=O)O.O=C(O)CCC(=O)O.[H-].[H-].[H-].[Na+].[Na+].[Na+].[Na+]. The molecule has 0 atom stereocenters. The Balaban J connectivity index is -0.0000000184. The summed E-state index contributed by atoms with van der Waals surface area (Å²) in [5.74, 6) is -4.31. The van der Waals surface area contributed by atoms with Gasteiger partial charge in [-0.1, -0.05) is 0 Å².